The molecular weight excluding hydrogens is 345 g/mol. The number of aromatic nitrogens is 2. The molecule has 0 aliphatic rings. The highest BCUT2D eigenvalue weighted by molar-refractivity contribution is 5.91. The van der Waals surface area contributed by atoms with E-state index in [-0.39, 0.29) is 23.5 Å². The molecule has 2 aromatic carbocycles. The first-order chi connectivity index (χ1) is 13.1. The predicted molar refractivity (Wildman–Crippen MR) is 99.8 cm³/mol. The van der Waals surface area contributed by atoms with Crippen LogP contribution in [-0.2, 0) is 6.54 Å². The molecule has 1 amide bonds. The lowest BCUT2D eigenvalue weighted by molar-refractivity contribution is 0.0909. The van der Waals surface area contributed by atoms with Crippen LogP contribution >= 0.6 is 0 Å². The molecule has 4 aromatic rings. The number of carbonyl (C=O) groups excluding carboxylic acids is 1. The molecule has 0 unspecified atom stereocenters. The molecule has 2 aromatic heterocycles. The van der Waals surface area contributed by atoms with Gasteiger partial charge in [0.1, 0.15) is 11.6 Å². The minimum Gasteiger partial charge on any atom is -0.459 e. The Kier molecular flexibility index (Phi) is 4.46. The summed E-state index contributed by atoms with van der Waals surface area (Å²) >= 11 is 0. The molecule has 0 radical (unpaired) electrons. The number of rotatable bonds is 5. The van der Waals surface area contributed by atoms with Crippen molar-refractivity contribution in [2.24, 2.45) is 0 Å². The number of nitrogens with one attached hydrogen (secondary N) is 1. The third kappa shape index (κ3) is 3.46. The van der Waals surface area contributed by atoms with Gasteiger partial charge in [-0.25, -0.2) is 9.37 Å². The smallest absolute Gasteiger partial charge is 0.287 e. The fourth-order valence-corrected chi connectivity index (χ4v) is 3.10. The molecule has 0 spiro atoms. The standard InChI is InChI=1S/C21H18FN3O2/c1-14(23-21(26)19-7-4-12-27-19)20-24-17-5-2-3-6-18(17)25(20)13-15-8-10-16(22)11-9-15/h2-12,14H,13H2,1H3,(H,23,26)/t14-/m0/s1. The van der Waals surface area contributed by atoms with Crippen molar-refractivity contribution in [2.45, 2.75) is 19.5 Å². The van der Waals surface area contributed by atoms with E-state index in [0.717, 1.165) is 22.4 Å². The summed E-state index contributed by atoms with van der Waals surface area (Å²) in [6.07, 6.45) is 1.46. The van der Waals surface area contributed by atoms with Crippen molar-refractivity contribution in [1.82, 2.24) is 14.9 Å². The van der Waals surface area contributed by atoms with Gasteiger partial charge in [-0.3, -0.25) is 4.79 Å². The van der Waals surface area contributed by atoms with Gasteiger partial charge in [-0.2, -0.15) is 0 Å². The van der Waals surface area contributed by atoms with Gasteiger partial charge in [0.2, 0.25) is 0 Å². The summed E-state index contributed by atoms with van der Waals surface area (Å²) in [5, 5.41) is 2.92. The summed E-state index contributed by atoms with van der Waals surface area (Å²) in [6.45, 7) is 2.40. The maximum atomic E-state index is 13.2. The maximum absolute atomic E-state index is 13.2. The highest BCUT2D eigenvalue weighted by Gasteiger charge is 2.20. The number of furan rings is 1. The second kappa shape index (κ2) is 7.07. The average Bonchev–Trinajstić information content (AvgIpc) is 3.32. The molecule has 0 aliphatic carbocycles. The van der Waals surface area contributed by atoms with Crippen LogP contribution in [0.4, 0.5) is 4.39 Å². The Morgan fingerprint density at radius 2 is 1.93 bits per heavy atom. The van der Waals surface area contributed by atoms with Gasteiger partial charge >= 0.3 is 0 Å². The van der Waals surface area contributed by atoms with E-state index in [1.54, 1.807) is 24.3 Å². The lowest BCUT2D eigenvalue weighted by Crippen LogP contribution is -2.28. The van der Waals surface area contributed by atoms with Crippen LogP contribution < -0.4 is 5.32 Å². The Bertz CT molecular complexity index is 1070. The Balaban J connectivity index is 1.68. The van der Waals surface area contributed by atoms with Gasteiger partial charge in [-0.05, 0) is 48.9 Å². The Morgan fingerprint density at radius 1 is 1.15 bits per heavy atom. The van der Waals surface area contributed by atoms with Crippen molar-refractivity contribution in [3.8, 4) is 0 Å². The van der Waals surface area contributed by atoms with E-state index >= 15 is 0 Å². The number of hydrogen-bond acceptors (Lipinski definition) is 3. The van der Waals surface area contributed by atoms with Crippen LogP contribution in [0.25, 0.3) is 11.0 Å². The largest absolute Gasteiger partial charge is 0.459 e. The zero-order chi connectivity index (χ0) is 18.8. The molecule has 136 valence electrons. The molecule has 0 fully saturated rings. The summed E-state index contributed by atoms with van der Waals surface area (Å²) in [5.74, 6) is 0.407. The van der Waals surface area contributed by atoms with Crippen molar-refractivity contribution < 1.29 is 13.6 Å². The quantitative estimate of drug-likeness (QED) is 0.575. The molecule has 4 rings (SSSR count). The molecule has 2 heterocycles. The van der Waals surface area contributed by atoms with Gasteiger partial charge in [-0.15, -0.1) is 0 Å². The maximum Gasteiger partial charge on any atom is 0.287 e. The SMILES string of the molecule is C[C@H](NC(=O)c1ccco1)c1nc2ccccc2n1Cc1ccc(F)cc1. The number of imidazole rings is 1. The first-order valence-corrected chi connectivity index (χ1v) is 8.66. The molecule has 0 saturated heterocycles. The van der Waals surface area contributed by atoms with Crippen molar-refractivity contribution in [3.63, 3.8) is 0 Å². The summed E-state index contributed by atoms with van der Waals surface area (Å²) < 4.78 is 20.4. The number of carbonyl (C=O) groups is 1. The van der Waals surface area contributed by atoms with Crippen LogP contribution in [0.1, 0.15) is 34.9 Å². The Labute approximate surface area is 155 Å². The van der Waals surface area contributed by atoms with Gasteiger partial charge < -0.3 is 14.3 Å². The van der Waals surface area contributed by atoms with E-state index < -0.39 is 0 Å². The second-order valence-corrected chi connectivity index (χ2v) is 6.34. The number of nitrogens with zero attached hydrogens (tertiary/aromatic N) is 2. The molecular formula is C21H18FN3O2. The Hall–Kier alpha value is -3.41. The topological polar surface area (TPSA) is 60.1 Å². The lowest BCUT2D eigenvalue weighted by Gasteiger charge is -2.16. The van der Waals surface area contributed by atoms with Crippen LogP contribution in [0.3, 0.4) is 0 Å². The minimum absolute atomic E-state index is 0.253. The molecule has 1 atom stereocenters. The van der Waals surface area contributed by atoms with Crippen LogP contribution in [0, 0.1) is 5.82 Å². The first-order valence-electron chi connectivity index (χ1n) is 8.66. The average molecular weight is 363 g/mol. The zero-order valence-electron chi connectivity index (χ0n) is 14.7. The predicted octanol–water partition coefficient (Wildman–Crippen LogP) is 4.31. The monoisotopic (exact) mass is 363 g/mol. The lowest BCUT2D eigenvalue weighted by atomic mass is 10.2. The summed E-state index contributed by atoms with van der Waals surface area (Å²) in [5.41, 5.74) is 2.75. The fourth-order valence-electron chi connectivity index (χ4n) is 3.10. The summed E-state index contributed by atoms with van der Waals surface area (Å²) in [4.78, 5) is 17.0. The van der Waals surface area contributed by atoms with Crippen LogP contribution in [-0.4, -0.2) is 15.5 Å². The number of hydrogen-bond donors (Lipinski definition) is 1. The van der Waals surface area contributed by atoms with E-state index in [1.807, 2.05) is 35.8 Å². The van der Waals surface area contributed by atoms with Gasteiger partial charge in [0.15, 0.2) is 5.76 Å². The molecule has 0 aliphatic heterocycles. The first kappa shape index (κ1) is 17.0. The number of amides is 1. The molecule has 6 heteroatoms. The number of para-hydroxylation sites is 2. The van der Waals surface area contributed by atoms with E-state index in [2.05, 4.69) is 5.32 Å². The molecule has 27 heavy (non-hydrogen) atoms. The summed E-state index contributed by atoms with van der Waals surface area (Å²) in [6, 6.07) is 17.1. The van der Waals surface area contributed by atoms with Crippen LogP contribution in [0.2, 0.25) is 0 Å². The number of fused-ring (bicyclic) bond motifs is 1. The van der Waals surface area contributed by atoms with Gasteiger partial charge in [0.25, 0.3) is 5.91 Å². The number of benzene rings is 2. The van der Waals surface area contributed by atoms with E-state index in [4.69, 9.17) is 9.40 Å². The highest BCUT2D eigenvalue weighted by Crippen LogP contribution is 2.23. The number of halogens is 1. The van der Waals surface area contributed by atoms with Gasteiger partial charge in [0, 0.05) is 6.54 Å². The third-order valence-electron chi connectivity index (χ3n) is 4.42. The van der Waals surface area contributed by atoms with E-state index in [1.165, 1.54) is 18.4 Å². The summed E-state index contributed by atoms with van der Waals surface area (Å²) in [7, 11) is 0. The second-order valence-electron chi connectivity index (χ2n) is 6.34. The van der Waals surface area contributed by atoms with E-state index in [9.17, 15) is 9.18 Å². The highest BCUT2D eigenvalue weighted by atomic mass is 19.1. The van der Waals surface area contributed by atoms with Crippen molar-refractivity contribution in [3.05, 3.63) is 89.9 Å². The van der Waals surface area contributed by atoms with E-state index in [0.29, 0.717) is 6.54 Å². The normalized spacial score (nSPS) is 12.2. The molecule has 0 bridgehead atoms. The molecule has 0 saturated carbocycles. The van der Waals surface area contributed by atoms with Crippen molar-refractivity contribution >= 4 is 16.9 Å². The fraction of sp³-hybridized carbons (Fsp3) is 0.143. The Morgan fingerprint density at radius 3 is 2.67 bits per heavy atom. The van der Waals surface area contributed by atoms with Crippen LogP contribution in [0.15, 0.2) is 71.3 Å². The van der Waals surface area contributed by atoms with Crippen molar-refractivity contribution in [2.75, 3.05) is 0 Å². The van der Waals surface area contributed by atoms with Gasteiger partial charge in [0.05, 0.1) is 23.3 Å². The zero-order valence-corrected chi connectivity index (χ0v) is 14.7. The van der Waals surface area contributed by atoms with Gasteiger partial charge in [-0.1, -0.05) is 24.3 Å². The molecule has 1 N–H and O–H groups in total. The minimum atomic E-state index is -0.338. The van der Waals surface area contributed by atoms with Crippen molar-refractivity contribution in [1.29, 1.82) is 0 Å². The third-order valence-corrected chi connectivity index (χ3v) is 4.42. The molecule has 5 nitrogen and oxygen atoms in total. The van der Waals surface area contributed by atoms with Crippen LogP contribution in [0.5, 0.6) is 0 Å².